The second kappa shape index (κ2) is 6.19. The lowest BCUT2D eigenvalue weighted by Crippen LogP contribution is -2.25. The number of phosphoric ester groups is 1. The van der Waals surface area contributed by atoms with Gasteiger partial charge in [0.25, 0.3) is 5.56 Å². The summed E-state index contributed by atoms with van der Waals surface area (Å²) in [5.74, 6) is -0.110. The lowest BCUT2D eigenvalue weighted by Gasteiger charge is -2.16. The maximum absolute atomic E-state index is 11.9. The maximum Gasteiger partial charge on any atom is 0.469 e. The van der Waals surface area contributed by atoms with Gasteiger partial charge in [-0.15, -0.1) is 0 Å². The molecule has 2 aromatic rings. The Morgan fingerprint density at radius 2 is 2.21 bits per heavy atom. The third-order valence-electron chi connectivity index (χ3n) is 3.42. The molecule has 1 aliphatic heterocycles. The number of fused-ring (bicyclic) bond motifs is 1. The van der Waals surface area contributed by atoms with Gasteiger partial charge in [0.2, 0.25) is 5.95 Å². The minimum Gasteiger partial charge on any atom is -0.390 e. The SMILES string of the molecule is Nc1nc2c(nc(Br)n2[C@H]2C[C@H](O)[C@@H](COP(=O)(O)O)O2)c(=O)[nH]1. The predicted octanol–water partition coefficient (Wildman–Crippen LogP) is -0.778. The van der Waals surface area contributed by atoms with Crippen LogP contribution in [-0.4, -0.2) is 53.2 Å². The molecule has 0 bridgehead atoms. The van der Waals surface area contributed by atoms with Crippen molar-refractivity contribution < 1.29 is 28.7 Å². The Morgan fingerprint density at radius 3 is 2.88 bits per heavy atom. The second-order valence-electron chi connectivity index (χ2n) is 5.09. The van der Waals surface area contributed by atoms with Gasteiger partial charge in [0.1, 0.15) is 12.3 Å². The number of ether oxygens (including phenoxy) is 1. The largest absolute Gasteiger partial charge is 0.469 e. The van der Waals surface area contributed by atoms with E-state index in [4.69, 9.17) is 20.3 Å². The van der Waals surface area contributed by atoms with Gasteiger partial charge in [0, 0.05) is 6.42 Å². The van der Waals surface area contributed by atoms with Crippen molar-refractivity contribution in [3.63, 3.8) is 0 Å². The first kappa shape index (κ1) is 17.5. The van der Waals surface area contributed by atoms with E-state index in [0.717, 1.165) is 0 Å². The minimum absolute atomic E-state index is 0.0316. The number of halogens is 1. The van der Waals surface area contributed by atoms with Crippen molar-refractivity contribution >= 4 is 40.9 Å². The van der Waals surface area contributed by atoms with Gasteiger partial charge in [0.05, 0.1) is 12.7 Å². The Labute approximate surface area is 142 Å². The molecule has 3 atom stereocenters. The number of aliphatic hydroxyl groups is 1. The summed E-state index contributed by atoms with van der Waals surface area (Å²) in [6, 6.07) is 0. The molecule has 1 saturated heterocycles. The highest BCUT2D eigenvalue weighted by Gasteiger charge is 2.38. The molecule has 0 unspecified atom stereocenters. The monoisotopic (exact) mass is 425 g/mol. The van der Waals surface area contributed by atoms with E-state index in [0.29, 0.717) is 0 Å². The summed E-state index contributed by atoms with van der Waals surface area (Å²) in [6.07, 6.45) is -2.71. The molecule has 24 heavy (non-hydrogen) atoms. The van der Waals surface area contributed by atoms with Crippen molar-refractivity contribution in [2.45, 2.75) is 24.9 Å². The quantitative estimate of drug-likeness (QED) is 0.307. The highest BCUT2D eigenvalue weighted by molar-refractivity contribution is 9.10. The number of nitrogen functional groups attached to an aromatic ring is 1. The average molecular weight is 426 g/mol. The molecule has 132 valence electrons. The highest BCUT2D eigenvalue weighted by atomic mass is 79.9. The van der Waals surface area contributed by atoms with Crippen LogP contribution in [0.1, 0.15) is 12.6 Å². The Kier molecular flexibility index (Phi) is 4.51. The lowest BCUT2D eigenvalue weighted by atomic mass is 10.2. The molecular formula is C10H13BrN5O7P. The van der Waals surface area contributed by atoms with Gasteiger partial charge in [0.15, 0.2) is 15.9 Å². The van der Waals surface area contributed by atoms with Gasteiger partial charge in [-0.2, -0.15) is 4.98 Å². The molecule has 0 aliphatic carbocycles. The van der Waals surface area contributed by atoms with E-state index in [1.807, 2.05) is 0 Å². The molecule has 0 radical (unpaired) electrons. The fraction of sp³-hybridized carbons (Fsp3) is 0.500. The first-order valence-corrected chi connectivity index (χ1v) is 8.95. The van der Waals surface area contributed by atoms with E-state index < -0.39 is 38.4 Å². The standard InChI is InChI=1S/C10H13BrN5O7P/c11-9-13-6-7(14-10(12)15-8(6)18)16(9)5-1-3(17)4(23-5)2-22-24(19,20)21/h3-5,17H,1-2H2,(H2,19,20,21)(H3,12,14,15,18)/t3-,4+,5+/m0/s1. The van der Waals surface area contributed by atoms with Crippen LogP contribution >= 0.6 is 23.8 Å². The van der Waals surface area contributed by atoms with Crippen molar-refractivity contribution in [3.05, 3.63) is 15.1 Å². The number of aromatic amines is 1. The summed E-state index contributed by atoms with van der Waals surface area (Å²) < 4.78 is 22.3. The first-order chi connectivity index (χ1) is 11.2. The van der Waals surface area contributed by atoms with E-state index in [2.05, 4.69) is 35.4 Å². The van der Waals surface area contributed by atoms with Crippen molar-refractivity contribution in [2.24, 2.45) is 0 Å². The summed E-state index contributed by atoms with van der Waals surface area (Å²) >= 11 is 3.19. The summed E-state index contributed by atoms with van der Waals surface area (Å²) in [5.41, 5.74) is 5.18. The van der Waals surface area contributed by atoms with Crippen molar-refractivity contribution in [3.8, 4) is 0 Å². The zero-order valence-electron chi connectivity index (χ0n) is 11.9. The average Bonchev–Trinajstić information content (AvgIpc) is 2.96. The molecular weight excluding hydrogens is 413 g/mol. The summed E-state index contributed by atoms with van der Waals surface area (Å²) in [7, 11) is -4.68. The Morgan fingerprint density at radius 1 is 1.50 bits per heavy atom. The van der Waals surface area contributed by atoms with E-state index in [1.54, 1.807) is 0 Å². The van der Waals surface area contributed by atoms with Crippen LogP contribution in [0.15, 0.2) is 9.53 Å². The van der Waals surface area contributed by atoms with Gasteiger partial charge in [-0.1, -0.05) is 0 Å². The second-order valence-corrected chi connectivity index (χ2v) is 7.04. The fourth-order valence-corrected chi connectivity index (χ4v) is 3.34. The van der Waals surface area contributed by atoms with E-state index in [-0.39, 0.29) is 28.3 Å². The van der Waals surface area contributed by atoms with Gasteiger partial charge in [-0.25, -0.2) is 9.55 Å². The maximum atomic E-state index is 11.9. The van der Waals surface area contributed by atoms with Crippen LogP contribution in [0.3, 0.4) is 0 Å². The number of anilines is 1. The highest BCUT2D eigenvalue weighted by Crippen LogP contribution is 2.39. The lowest BCUT2D eigenvalue weighted by molar-refractivity contribution is -0.0431. The number of aliphatic hydroxyl groups excluding tert-OH is 1. The van der Waals surface area contributed by atoms with Gasteiger partial charge in [-0.05, 0) is 15.9 Å². The zero-order chi connectivity index (χ0) is 17.6. The molecule has 12 nitrogen and oxygen atoms in total. The smallest absolute Gasteiger partial charge is 0.390 e. The summed E-state index contributed by atoms with van der Waals surface area (Å²) in [4.78, 5) is 39.7. The van der Waals surface area contributed by atoms with E-state index in [1.165, 1.54) is 4.57 Å². The number of hydrogen-bond donors (Lipinski definition) is 5. The number of phosphoric acid groups is 1. The number of imidazole rings is 1. The first-order valence-electron chi connectivity index (χ1n) is 6.62. The number of rotatable bonds is 4. The van der Waals surface area contributed by atoms with Crippen LogP contribution in [0.5, 0.6) is 0 Å². The van der Waals surface area contributed by atoms with Crippen LogP contribution in [0.2, 0.25) is 0 Å². The minimum atomic E-state index is -4.68. The van der Waals surface area contributed by atoms with Gasteiger partial charge in [-0.3, -0.25) is 18.9 Å². The predicted molar refractivity (Wildman–Crippen MR) is 82.8 cm³/mol. The molecule has 14 heteroatoms. The Balaban J connectivity index is 1.90. The third kappa shape index (κ3) is 3.37. The molecule has 1 aliphatic rings. The van der Waals surface area contributed by atoms with Crippen LogP contribution in [0, 0.1) is 0 Å². The molecule has 0 aromatic carbocycles. The molecule has 1 fully saturated rings. The number of nitrogens with one attached hydrogen (secondary N) is 1. The molecule has 0 saturated carbocycles. The van der Waals surface area contributed by atoms with Crippen LogP contribution in [0.4, 0.5) is 5.95 Å². The fourth-order valence-electron chi connectivity index (χ4n) is 2.42. The molecule has 2 aromatic heterocycles. The number of hydrogen-bond acceptors (Lipinski definition) is 8. The number of nitrogens with zero attached hydrogens (tertiary/aromatic N) is 3. The van der Waals surface area contributed by atoms with Crippen LogP contribution in [-0.2, 0) is 13.8 Å². The van der Waals surface area contributed by atoms with Crippen molar-refractivity contribution in [2.75, 3.05) is 12.3 Å². The number of nitrogens with two attached hydrogens (primary N) is 1. The van der Waals surface area contributed by atoms with Crippen molar-refractivity contribution in [1.29, 1.82) is 0 Å². The summed E-state index contributed by atoms with van der Waals surface area (Å²) in [5, 5.41) is 10.0. The molecule has 3 heterocycles. The van der Waals surface area contributed by atoms with Gasteiger partial charge >= 0.3 is 7.82 Å². The van der Waals surface area contributed by atoms with Crippen molar-refractivity contribution in [1.82, 2.24) is 19.5 Å². The normalized spacial score (nSPS) is 24.8. The Bertz CT molecular complexity index is 878. The number of H-pyrrole nitrogens is 1. The third-order valence-corrected chi connectivity index (χ3v) is 4.47. The molecule has 0 spiro atoms. The Hall–Kier alpha value is -1.34. The van der Waals surface area contributed by atoms with Gasteiger partial charge < -0.3 is 25.4 Å². The molecule has 3 rings (SSSR count). The molecule has 6 N–H and O–H groups in total. The van der Waals surface area contributed by atoms with E-state index in [9.17, 15) is 14.5 Å². The zero-order valence-corrected chi connectivity index (χ0v) is 14.3. The summed E-state index contributed by atoms with van der Waals surface area (Å²) in [6.45, 7) is -0.498. The topological polar surface area (TPSA) is 186 Å². The van der Waals surface area contributed by atoms with Crippen LogP contribution < -0.4 is 11.3 Å². The molecule has 0 amide bonds. The number of aromatic nitrogens is 4. The van der Waals surface area contributed by atoms with Crippen LogP contribution in [0.25, 0.3) is 11.2 Å². The van der Waals surface area contributed by atoms with E-state index >= 15 is 0 Å².